The number of nitrogens with zero attached hydrogens (tertiary/aromatic N) is 1. The van der Waals surface area contributed by atoms with E-state index < -0.39 is 29.7 Å². The summed E-state index contributed by atoms with van der Waals surface area (Å²) < 4.78 is 16.3. The molecular formula is C25H33N3O8. The van der Waals surface area contributed by atoms with Gasteiger partial charge in [-0.25, -0.2) is 0 Å². The number of imide groups is 2. The maximum atomic E-state index is 13.1. The van der Waals surface area contributed by atoms with Crippen LogP contribution in [0.5, 0.6) is 0 Å². The minimum Gasteiger partial charge on any atom is -0.379 e. The van der Waals surface area contributed by atoms with Crippen molar-refractivity contribution >= 4 is 35.2 Å². The molecule has 0 saturated carbocycles. The molecule has 5 amide bonds. The number of piperidine rings is 1. The predicted octanol–water partition coefficient (Wildman–Crippen LogP) is 1.51. The van der Waals surface area contributed by atoms with Crippen LogP contribution in [0, 0.1) is 5.92 Å². The lowest BCUT2D eigenvalue weighted by Crippen LogP contribution is -2.54. The van der Waals surface area contributed by atoms with Gasteiger partial charge >= 0.3 is 0 Å². The third-order valence-corrected chi connectivity index (χ3v) is 5.80. The summed E-state index contributed by atoms with van der Waals surface area (Å²) in [5, 5.41) is 4.81. The molecule has 1 fully saturated rings. The van der Waals surface area contributed by atoms with Gasteiger partial charge in [-0.05, 0) is 30.9 Å². The Morgan fingerprint density at radius 3 is 2.33 bits per heavy atom. The molecule has 1 aromatic rings. The van der Waals surface area contributed by atoms with Gasteiger partial charge in [-0.2, -0.15) is 0 Å². The molecule has 0 aliphatic carbocycles. The van der Waals surface area contributed by atoms with Crippen molar-refractivity contribution in [1.29, 1.82) is 0 Å². The average Bonchev–Trinajstić information content (AvgIpc) is 3.08. The molecule has 1 atom stereocenters. The number of carbonyl (C=O) groups is 5. The summed E-state index contributed by atoms with van der Waals surface area (Å²) in [7, 11) is 0. The second-order valence-electron chi connectivity index (χ2n) is 8.99. The zero-order valence-electron chi connectivity index (χ0n) is 20.7. The van der Waals surface area contributed by atoms with Crippen LogP contribution in [0.1, 0.15) is 60.2 Å². The number of anilines is 1. The van der Waals surface area contributed by atoms with Gasteiger partial charge in [-0.15, -0.1) is 0 Å². The van der Waals surface area contributed by atoms with Crippen LogP contribution in [-0.4, -0.2) is 80.1 Å². The third-order valence-electron chi connectivity index (χ3n) is 5.80. The van der Waals surface area contributed by atoms with Gasteiger partial charge in [-0.3, -0.25) is 34.2 Å². The first kappa shape index (κ1) is 27.4. The minimum atomic E-state index is -1.07. The summed E-state index contributed by atoms with van der Waals surface area (Å²) in [6.45, 7) is 6.87. The van der Waals surface area contributed by atoms with E-state index >= 15 is 0 Å². The Kier molecular flexibility index (Phi) is 10.1. The summed E-state index contributed by atoms with van der Waals surface area (Å²) in [5.74, 6) is -2.22. The smallest absolute Gasteiger partial charge is 0.264 e. The van der Waals surface area contributed by atoms with Crippen molar-refractivity contribution in [2.75, 3.05) is 45.0 Å². The van der Waals surface area contributed by atoms with E-state index in [0.717, 1.165) is 11.3 Å². The Balaban J connectivity index is 1.41. The number of fused-ring (bicyclic) bond motifs is 1. The van der Waals surface area contributed by atoms with Gasteiger partial charge < -0.3 is 19.5 Å². The molecule has 1 saturated heterocycles. The van der Waals surface area contributed by atoms with Crippen molar-refractivity contribution in [2.45, 2.75) is 45.6 Å². The Bertz CT molecular complexity index is 994. The van der Waals surface area contributed by atoms with Crippen LogP contribution in [0.3, 0.4) is 0 Å². The van der Waals surface area contributed by atoms with Gasteiger partial charge in [-0.1, -0.05) is 19.9 Å². The molecule has 0 radical (unpaired) electrons. The van der Waals surface area contributed by atoms with Crippen molar-refractivity contribution in [2.24, 2.45) is 5.92 Å². The molecule has 0 aromatic heterocycles. The number of rotatable bonds is 14. The van der Waals surface area contributed by atoms with Crippen LogP contribution in [0.25, 0.3) is 0 Å². The lowest BCUT2D eigenvalue weighted by atomic mass is 10.0. The van der Waals surface area contributed by atoms with Gasteiger partial charge in [0.2, 0.25) is 17.7 Å². The molecule has 0 bridgehead atoms. The second-order valence-corrected chi connectivity index (χ2v) is 8.99. The number of ether oxygens (including phenoxy) is 3. The highest BCUT2D eigenvalue weighted by Crippen LogP contribution is 2.32. The van der Waals surface area contributed by atoms with Crippen molar-refractivity contribution in [3.05, 3.63) is 29.3 Å². The lowest BCUT2D eigenvalue weighted by molar-refractivity contribution is -0.136. The van der Waals surface area contributed by atoms with Gasteiger partial charge in [0.1, 0.15) is 6.04 Å². The summed E-state index contributed by atoms with van der Waals surface area (Å²) in [4.78, 5) is 62.8. The topological polar surface area (TPSA) is 140 Å². The molecule has 36 heavy (non-hydrogen) atoms. The molecule has 2 heterocycles. The Hall–Kier alpha value is -3.15. The number of benzene rings is 1. The quantitative estimate of drug-likeness (QED) is 0.288. The second kappa shape index (κ2) is 13.2. The van der Waals surface area contributed by atoms with Gasteiger partial charge in [0.25, 0.3) is 11.8 Å². The van der Waals surface area contributed by atoms with Crippen LogP contribution >= 0.6 is 0 Å². The summed E-state index contributed by atoms with van der Waals surface area (Å²) >= 11 is 0. The molecule has 11 nitrogen and oxygen atoms in total. The largest absolute Gasteiger partial charge is 0.379 e. The summed E-state index contributed by atoms with van der Waals surface area (Å²) in [5.41, 5.74) is 0.320. The lowest BCUT2D eigenvalue weighted by Gasteiger charge is -2.27. The van der Waals surface area contributed by atoms with E-state index in [1.54, 1.807) is 6.07 Å². The number of hydrogen-bond donors (Lipinski definition) is 2. The van der Waals surface area contributed by atoms with Crippen molar-refractivity contribution in [3.8, 4) is 0 Å². The fraction of sp³-hybridized carbons (Fsp3) is 0.560. The number of carbonyl (C=O) groups excluding carboxylic acids is 5. The SMILES string of the molecule is CC(C)CCOCCOCCOCCC(=O)Nc1cccc2c1C(=O)N(C1CCC(=O)NC1=O)C2=O. The maximum absolute atomic E-state index is 13.1. The summed E-state index contributed by atoms with van der Waals surface area (Å²) in [6, 6.07) is 3.47. The molecule has 1 unspecified atom stereocenters. The monoisotopic (exact) mass is 503 g/mol. The summed E-state index contributed by atoms with van der Waals surface area (Å²) in [6.07, 6.45) is 1.15. The Morgan fingerprint density at radius 1 is 1.00 bits per heavy atom. The van der Waals surface area contributed by atoms with E-state index in [9.17, 15) is 24.0 Å². The first-order chi connectivity index (χ1) is 17.3. The van der Waals surface area contributed by atoms with Crippen LogP contribution in [0.2, 0.25) is 0 Å². The first-order valence-corrected chi connectivity index (χ1v) is 12.2. The molecule has 196 valence electrons. The fourth-order valence-electron chi connectivity index (χ4n) is 3.86. The average molecular weight is 504 g/mol. The van der Waals surface area contributed by atoms with Gasteiger partial charge in [0.05, 0.1) is 56.3 Å². The van der Waals surface area contributed by atoms with E-state index in [-0.39, 0.29) is 48.6 Å². The minimum absolute atomic E-state index is 0.0323. The van der Waals surface area contributed by atoms with Crippen LogP contribution < -0.4 is 10.6 Å². The van der Waals surface area contributed by atoms with Crippen molar-refractivity contribution in [1.82, 2.24) is 10.2 Å². The van der Waals surface area contributed by atoms with Crippen LogP contribution in [-0.2, 0) is 28.6 Å². The van der Waals surface area contributed by atoms with Gasteiger partial charge in [0.15, 0.2) is 0 Å². The molecule has 2 N–H and O–H groups in total. The predicted molar refractivity (Wildman–Crippen MR) is 128 cm³/mol. The standard InChI is InChI=1S/C25H33N3O8/c1-16(2)8-10-34-12-14-36-15-13-35-11-9-21(30)26-18-5-3-4-17-22(18)25(33)28(24(17)32)19-6-7-20(29)27-23(19)31/h3-5,16,19H,6-15H2,1-2H3,(H,26,30)(H,27,29,31). The first-order valence-electron chi connectivity index (χ1n) is 12.2. The Labute approximate surface area is 209 Å². The highest BCUT2D eigenvalue weighted by molar-refractivity contribution is 6.26. The molecular weight excluding hydrogens is 470 g/mol. The van der Waals surface area contributed by atoms with Crippen molar-refractivity contribution < 1.29 is 38.2 Å². The molecule has 2 aliphatic rings. The van der Waals surface area contributed by atoms with Gasteiger partial charge in [0, 0.05) is 13.0 Å². The zero-order valence-corrected chi connectivity index (χ0v) is 20.7. The Morgan fingerprint density at radius 2 is 1.67 bits per heavy atom. The molecule has 1 aromatic carbocycles. The molecule has 2 aliphatic heterocycles. The van der Waals surface area contributed by atoms with Crippen LogP contribution in [0.4, 0.5) is 5.69 Å². The van der Waals surface area contributed by atoms with E-state index in [2.05, 4.69) is 24.5 Å². The van der Waals surface area contributed by atoms with E-state index in [4.69, 9.17) is 14.2 Å². The zero-order chi connectivity index (χ0) is 26.1. The highest BCUT2D eigenvalue weighted by Gasteiger charge is 2.45. The fourth-order valence-corrected chi connectivity index (χ4v) is 3.86. The molecule has 3 rings (SSSR count). The number of amides is 5. The normalized spacial score (nSPS) is 17.5. The molecule has 0 spiro atoms. The van der Waals surface area contributed by atoms with Crippen molar-refractivity contribution in [3.63, 3.8) is 0 Å². The maximum Gasteiger partial charge on any atom is 0.264 e. The number of nitrogens with one attached hydrogen (secondary N) is 2. The van der Waals surface area contributed by atoms with E-state index in [0.29, 0.717) is 39.0 Å². The number of hydrogen-bond acceptors (Lipinski definition) is 8. The highest BCUT2D eigenvalue weighted by atomic mass is 16.5. The molecule has 11 heteroatoms. The van der Waals surface area contributed by atoms with E-state index in [1.807, 2.05) is 0 Å². The van der Waals surface area contributed by atoms with Crippen LogP contribution in [0.15, 0.2) is 18.2 Å². The van der Waals surface area contributed by atoms with E-state index in [1.165, 1.54) is 12.1 Å². The third kappa shape index (κ3) is 7.19.